The summed E-state index contributed by atoms with van der Waals surface area (Å²) in [5.74, 6) is 0.444. The monoisotopic (exact) mass is 485 g/mol. The standard InChI is InChI=1S/C24H28FN5O3S/c1-16(2)29(3)34(32,33)19-11-8-17(9-12-19)24(31)26-21-15-18(10-13-20(21)25)23-28-27-22-7-5-4-6-14-30(22)23/h8-13,15-16H,4-7,14H2,1-3H3,(H,26,31). The molecule has 2 aromatic carbocycles. The quantitative estimate of drug-likeness (QED) is 0.567. The molecule has 2 heterocycles. The van der Waals surface area contributed by atoms with Crippen LogP contribution in [0, 0.1) is 5.82 Å². The van der Waals surface area contributed by atoms with Crippen LogP contribution in [-0.4, -0.2) is 46.5 Å². The first-order valence-corrected chi connectivity index (χ1v) is 12.7. The van der Waals surface area contributed by atoms with E-state index in [1.165, 1.54) is 41.7 Å². The topological polar surface area (TPSA) is 97.2 Å². The molecule has 10 heteroatoms. The number of amides is 1. The molecule has 1 amide bonds. The highest BCUT2D eigenvalue weighted by atomic mass is 32.2. The highest BCUT2D eigenvalue weighted by Crippen LogP contribution is 2.27. The van der Waals surface area contributed by atoms with Crippen molar-refractivity contribution in [3.8, 4) is 11.4 Å². The maximum absolute atomic E-state index is 14.5. The van der Waals surface area contributed by atoms with Gasteiger partial charge in [-0.3, -0.25) is 4.79 Å². The van der Waals surface area contributed by atoms with Crippen molar-refractivity contribution in [1.82, 2.24) is 19.1 Å². The molecular weight excluding hydrogens is 457 g/mol. The summed E-state index contributed by atoms with van der Waals surface area (Å²) in [6, 6.07) is 9.84. The fourth-order valence-electron chi connectivity index (χ4n) is 3.88. The molecule has 0 spiro atoms. The van der Waals surface area contributed by atoms with Crippen molar-refractivity contribution < 1.29 is 17.6 Å². The summed E-state index contributed by atoms with van der Waals surface area (Å²) in [5, 5.41) is 11.2. The number of nitrogens with one attached hydrogen (secondary N) is 1. The number of aromatic nitrogens is 3. The van der Waals surface area contributed by atoms with Crippen molar-refractivity contribution in [2.45, 2.75) is 57.0 Å². The molecular formula is C24H28FN5O3S. The van der Waals surface area contributed by atoms with Gasteiger partial charge in [0.25, 0.3) is 5.91 Å². The van der Waals surface area contributed by atoms with Gasteiger partial charge in [-0.15, -0.1) is 10.2 Å². The lowest BCUT2D eigenvalue weighted by Gasteiger charge is -2.21. The van der Waals surface area contributed by atoms with Crippen LogP contribution in [0.4, 0.5) is 10.1 Å². The molecule has 1 aliphatic heterocycles. The van der Waals surface area contributed by atoms with Crippen molar-refractivity contribution >= 4 is 21.6 Å². The van der Waals surface area contributed by atoms with E-state index < -0.39 is 21.7 Å². The average Bonchev–Trinajstić information content (AvgIpc) is 3.07. The Labute approximate surface area is 198 Å². The van der Waals surface area contributed by atoms with E-state index in [0.29, 0.717) is 11.4 Å². The van der Waals surface area contributed by atoms with E-state index in [1.54, 1.807) is 26.0 Å². The Morgan fingerprint density at radius 3 is 2.53 bits per heavy atom. The van der Waals surface area contributed by atoms with Crippen molar-refractivity contribution in [2.75, 3.05) is 12.4 Å². The van der Waals surface area contributed by atoms with Crippen molar-refractivity contribution in [2.24, 2.45) is 0 Å². The summed E-state index contributed by atoms with van der Waals surface area (Å²) in [4.78, 5) is 12.9. The van der Waals surface area contributed by atoms with E-state index in [1.807, 2.05) is 0 Å². The van der Waals surface area contributed by atoms with Crippen LogP contribution in [0.2, 0.25) is 0 Å². The minimum absolute atomic E-state index is 0.0183. The van der Waals surface area contributed by atoms with Gasteiger partial charge in [-0.05, 0) is 69.2 Å². The van der Waals surface area contributed by atoms with Gasteiger partial charge in [-0.1, -0.05) is 6.42 Å². The van der Waals surface area contributed by atoms with Crippen molar-refractivity contribution in [1.29, 1.82) is 0 Å². The third-order valence-corrected chi connectivity index (χ3v) is 8.15. The number of aryl methyl sites for hydroxylation is 1. The lowest BCUT2D eigenvalue weighted by molar-refractivity contribution is 0.102. The smallest absolute Gasteiger partial charge is 0.255 e. The number of hydrogen-bond donors (Lipinski definition) is 1. The number of anilines is 1. The maximum atomic E-state index is 14.5. The molecule has 1 aromatic heterocycles. The second-order valence-corrected chi connectivity index (χ2v) is 10.7. The maximum Gasteiger partial charge on any atom is 0.255 e. The zero-order chi connectivity index (χ0) is 24.5. The molecule has 0 aliphatic carbocycles. The Morgan fingerprint density at radius 1 is 1.09 bits per heavy atom. The van der Waals surface area contributed by atoms with E-state index in [4.69, 9.17) is 0 Å². The van der Waals surface area contributed by atoms with Gasteiger partial charge < -0.3 is 9.88 Å². The van der Waals surface area contributed by atoms with E-state index >= 15 is 0 Å². The van der Waals surface area contributed by atoms with Gasteiger partial charge in [0.05, 0.1) is 10.6 Å². The van der Waals surface area contributed by atoms with Crippen LogP contribution in [0.15, 0.2) is 47.4 Å². The molecule has 0 saturated heterocycles. The molecule has 0 saturated carbocycles. The van der Waals surface area contributed by atoms with Gasteiger partial charge in [-0.25, -0.2) is 12.8 Å². The van der Waals surface area contributed by atoms with Gasteiger partial charge in [0.15, 0.2) is 5.82 Å². The summed E-state index contributed by atoms with van der Waals surface area (Å²) < 4.78 is 43.1. The average molecular weight is 486 g/mol. The SMILES string of the molecule is CC(C)N(C)S(=O)(=O)c1ccc(C(=O)Nc2cc(-c3nnc4n3CCCCC4)ccc2F)cc1. The van der Waals surface area contributed by atoms with Gasteiger partial charge >= 0.3 is 0 Å². The number of benzene rings is 2. The molecule has 0 radical (unpaired) electrons. The molecule has 4 rings (SSSR count). The summed E-state index contributed by atoms with van der Waals surface area (Å²) in [5.41, 5.74) is 0.896. The number of fused-ring (bicyclic) bond motifs is 1. The zero-order valence-corrected chi connectivity index (χ0v) is 20.3. The molecule has 0 bridgehead atoms. The van der Waals surface area contributed by atoms with Crippen LogP contribution >= 0.6 is 0 Å². The number of rotatable bonds is 6. The molecule has 0 unspecified atom stereocenters. The molecule has 180 valence electrons. The molecule has 0 atom stereocenters. The zero-order valence-electron chi connectivity index (χ0n) is 19.5. The second kappa shape index (κ2) is 9.63. The summed E-state index contributed by atoms with van der Waals surface area (Å²) in [7, 11) is -2.16. The highest BCUT2D eigenvalue weighted by molar-refractivity contribution is 7.89. The van der Waals surface area contributed by atoms with Crippen molar-refractivity contribution in [3.63, 3.8) is 0 Å². The Balaban J connectivity index is 1.56. The molecule has 1 aliphatic rings. The van der Waals surface area contributed by atoms with E-state index in [2.05, 4.69) is 20.1 Å². The molecule has 1 N–H and O–H groups in total. The lowest BCUT2D eigenvalue weighted by Crippen LogP contribution is -2.33. The van der Waals surface area contributed by atoms with Gasteiger partial charge in [0.2, 0.25) is 10.0 Å². The molecule has 0 fully saturated rings. The Bertz CT molecular complexity index is 1300. The predicted molar refractivity (Wildman–Crippen MR) is 127 cm³/mol. The number of carbonyl (C=O) groups is 1. The molecule has 8 nitrogen and oxygen atoms in total. The van der Waals surface area contributed by atoms with E-state index in [9.17, 15) is 17.6 Å². The van der Waals surface area contributed by atoms with Crippen LogP contribution in [0.5, 0.6) is 0 Å². The first-order valence-electron chi connectivity index (χ1n) is 11.3. The summed E-state index contributed by atoms with van der Waals surface area (Å²) >= 11 is 0. The van der Waals surface area contributed by atoms with Crippen LogP contribution < -0.4 is 5.32 Å². The second-order valence-electron chi connectivity index (χ2n) is 8.69. The fraction of sp³-hybridized carbons (Fsp3) is 0.375. The number of nitrogens with zero attached hydrogens (tertiary/aromatic N) is 4. The third-order valence-electron chi connectivity index (χ3n) is 6.10. The van der Waals surface area contributed by atoms with Gasteiger partial charge in [-0.2, -0.15) is 4.31 Å². The number of halogens is 1. The number of sulfonamides is 1. The van der Waals surface area contributed by atoms with Crippen LogP contribution in [-0.2, 0) is 23.0 Å². The summed E-state index contributed by atoms with van der Waals surface area (Å²) in [6.45, 7) is 4.36. The normalized spacial score (nSPS) is 14.2. The van der Waals surface area contributed by atoms with Gasteiger partial charge in [0, 0.05) is 37.2 Å². The predicted octanol–water partition coefficient (Wildman–Crippen LogP) is 4.09. The lowest BCUT2D eigenvalue weighted by atomic mass is 10.1. The Kier molecular flexibility index (Phi) is 6.81. The first kappa shape index (κ1) is 24.0. The Hall–Kier alpha value is -3.11. The van der Waals surface area contributed by atoms with Crippen LogP contribution in [0.3, 0.4) is 0 Å². The Morgan fingerprint density at radius 2 is 1.82 bits per heavy atom. The molecule has 3 aromatic rings. The van der Waals surface area contributed by atoms with E-state index in [0.717, 1.165) is 38.1 Å². The number of carbonyl (C=O) groups excluding carboxylic acids is 1. The van der Waals surface area contributed by atoms with Crippen molar-refractivity contribution in [3.05, 3.63) is 59.7 Å². The number of hydrogen-bond acceptors (Lipinski definition) is 5. The van der Waals surface area contributed by atoms with E-state index in [-0.39, 0.29) is 22.2 Å². The third kappa shape index (κ3) is 4.74. The van der Waals surface area contributed by atoms with Crippen LogP contribution in [0.25, 0.3) is 11.4 Å². The molecule has 34 heavy (non-hydrogen) atoms. The summed E-state index contributed by atoms with van der Waals surface area (Å²) in [6.07, 6.45) is 4.08. The van der Waals surface area contributed by atoms with Gasteiger partial charge in [0.1, 0.15) is 11.6 Å². The minimum Gasteiger partial charge on any atom is -0.319 e. The largest absolute Gasteiger partial charge is 0.319 e. The highest BCUT2D eigenvalue weighted by Gasteiger charge is 2.23. The first-order chi connectivity index (χ1) is 16.2. The fourth-order valence-corrected chi connectivity index (χ4v) is 5.24. The minimum atomic E-state index is -3.66. The van der Waals surface area contributed by atoms with Crippen LogP contribution in [0.1, 0.15) is 49.3 Å².